The monoisotopic (exact) mass is 378 g/mol. The molecule has 2 saturated carbocycles. The van der Waals surface area contributed by atoms with E-state index in [9.17, 15) is 8.78 Å². The van der Waals surface area contributed by atoms with E-state index in [1.807, 2.05) is 0 Å². The van der Waals surface area contributed by atoms with Crippen LogP contribution >= 0.6 is 0 Å². The molecule has 152 valence electrons. The van der Waals surface area contributed by atoms with E-state index in [0.717, 1.165) is 49.4 Å². The molecule has 0 radical (unpaired) electrons. The summed E-state index contributed by atoms with van der Waals surface area (Å²) in [6.07, 6.45) is 12.5. The molecule has 0 saturated heterocycles. The summed E-state index contributed by atoms with van der Waals surface area (Å²) in [6.45, 7) is 4.77. The minimum absolute atomic E-state index is 0.00319. The van der Waals surface area contributed by atoms with E-state index in [1.165, 1.54) is 45.6 Å². The van der Waals surface area contributed by atoms with Crippen molar-refractivity contribution in [1.82, 2.24) is 0 Å². The van der Waals surface area contributed by atoms with Crippen molar-refractivity contribution < 1.29 is 13.5 Å². The Labute approximate surface area is 163 Å². The van der Waals surface area contributed by atoms with Crippen LogP contribution in [0.1, 0.15) is 89.5 Å². The lowest BCUT2D eigenvalue weighted by Gasteiger charge is -2.35. The second-order valence-electron chi connectivity index (χ2n) is 9.10. The van der Waals surface area contributed by atoms with Crippen molar-refractivity contribution in [3.63, 3.8) is 0 Å². The van der Waals surface area contributed by atoms with Crippen LogP contribution in [0.2, 0.25) is 0 Å². The van der Waals surface area contributed by atoms with Crippen molar-refractivity contribution >= 4 is 0 Å². The summed E-state index contributed by atoms with van der Waals surface area (Å²) in [5.41, 5.74) is 0.540. The van der Waals surface area contributed by atoms with Crippen LogP contribution in [0, 0.1) is 35.3 Å². The number of ether oxygens (including phenoxy) is 1. The Morgan fingerprint density at radius 3 is 2.15 bits per heavy atom. The molecule has 1 unspecified atom stereocenters. The molecule has 0 spiro atoms. The minimum atomic E-state index is -0.839. The summed E-state index contributed by atoms with van der Waals surface area (Å²) in [5, 5.41) is 0. The molecule has 1 aromatic carbocycles. The molecule has 1 aromatic rings. The van der Waals surface area contributed by atoms with Crippen LogP contribution in [0.25, 0.3) is 0 Å². The Bertz CT molecular complexity index is 599. The SMILES string of the molecule is CCC1CCC(C(C)CC2CCC(c3ccc(OC)c(F)c3F)CC2)CC1. The third kappa shape index (κ3) is 4.84. The van der Waals surface area contributed by atoms with Gasteiger partial charge in [0.2, 0.25) is 5.82 Å². The Hall–Kier alpha value is -1.12. The van der Waals surface area contributed by atoms with Crippen molar-refractivity contribution in [2.45, 2.75) is 84.0 Å². The molecule has 3 heteroatoms. The van der Waals surface area contributed by atoms with E-state index in [1.54, 1.807) is 12.1 Å². The van der Waals surface area contributed by atoms with Gasteiger partial charge in [0.25, 0.3) is 0 Å². The first-order valence-corrected chi connectivity index (χ1v) is 11.0. The van der Waals surface area contributed by atoms with Gasteiger partial charge in [0, 0.05) is 0 Å². The highest BCUT2D eigenvalue weighted by atomic mass is 19.2. The molecule has 2 fully saturated rings. The maximum atomic E-state index is 14.4. The molecule has 0 aliphatic heterocycles. The molecule has 0 amide bonds. The lowest BCUT2D eigenvalue weighted by Crippen LogP contribution is -2.23. The van der Waals surface area contributed by atoms with E-state index in [0.29, 0.717) is 5.56 Å². The highest BCUT2D eigenvalue weighted by Gasteiger charge is 2.30. The molecule has 2 aliphatic carbocycles. The molecular weight excluding hydrogens is 342 g/mol. The number of methoxy groups -OCH3 is 1. The topological polar surface area (TPSA) is 9.23 Å². The van der Waals surface area contributed by atoms with Gasteiger partial charge < -0.3 is 4.74 Å². The lowest BCUT2D eigenvalue weighted by atomic mass is 9.70. The van der Waals surface area contributed by atoms with Gasteiger partial charge in [-0.25, -0.2) is 4.39 Å². The Morgan fingerprint density at radius 1 is 0.926 bits per heavy atom. The third-order valence-electron chi connectivity index (χ3n) is 7.56. The number of hydrogen-bond donors (Lipinski definition) is 0. The van der Waals surface area contributed by atoms with Gasteiger partial charge in [-0.2, -0.15) is 4.39 Å². The maximum Gasteiger partial charge on any atom is 0.200 e. The van der Waals surface area contributed by atoms with Gasteiger partial charge in [-0.1, -0.05) is 39.2 Å². The molecule has 0 aromatic heterocycles. The first kappa shape index (κ1) is 20.6. The normalized spacial score (nSPS) is 30.1. The molecule has 0 heterocycles. The number of hydrogen-bond acceptors (Lipinski definition) is 1. The fraction of sp³-hybridized carbons (Fsp3) is 0.750. The fourth-order valence-electron chi connectivity index (χ4n) is 5.61. The van der Waals surface area contributed by atoms with Crippen LogP contribution in [0.5, 0.6) is 5.75 Å². The van der Waals surface area contributed by atoms with Crippen molar-refractivity contribution in [1.29, 1.82) is 0 Å². The van der Waals surface area contributed by atoms with Gasteiger partial charge in [-0.15, -0.1) is 0 Å². The van der Waals surface area contributed by atoms with Crippen molar-refractivity contribution in [3.8, 4) is 5.75 Å². The van der Waals surface area contributed by atoms with E-state index in [-0.39, 0.29) is 11.7 Å². The van der Waals surface area contributed by atoms with Crippen molar-refractivity contribution in [3.05, 3.63) is 29.3 Å². The minimum Gasteiger partial charge on any atom is -0.494 e. The highest BCUT2D eigenvalue weighted by Crippen LogP contribution is 2.43. The summed E-state index contributed by atoms with van der Waals surface area (Å²) >= 11 is 0. The van der Waals surface area contributed by atoms with Gasteiger partial charge in [0.1, 0.15) is 0 Å². The predicted octanol–water partition coefficient (Wildman–Crippen LogP) is 7.49. The molecule has 1 atom stereocenters. The van der Waals surface area contributed by atoms with Crippen LogP contribution in [-0.2, 0) is 0 Å². The first-order chi connectivity index (χ1) is 13.0. The molecule has 3 rings (SSSR count). The number of rotatable bonds is 6. The zero-order valence-corrected chi connectivity index (χ0v) is 17.3. The second-order valence-corrected chi connectivity index (χ2v) is 9.10. The standard InChI is InChI=1S/C24H36F2O/c1-4-17-5-9-19(10-6-17)16(2)15-18-7-11-20(12-8-18)21-13-14-22(27-3)24(26)23(21)25/h13-14,16-20H,4-12,15H2,1-3H3. The third-order valence-corrected chi connectivity index (χ3v) is 7.56. The number of benzene rings is 1. The maximum absolute atomic E-state index is 14.4. The van der Waals surface area contributed by atoms with Crippen LogP contribution in [0.3, 0.4) is 0 Å². The van der Waals surface area contributed by atoms with Gasteiger partial charge in [-0.05, 0) is 86.2 Å². The average molecular weight is 379 g/mol. The first-order valence-electron chi connectivity index (χ1n) is 11.0. The zero-order valence-electron chi connectivity index (χ0n) is 17.3. The van der Waals surface area contributed by atoms with Gasteiger partial charge in [0.15, 0.2) is 11.6 Å². The van der Waals surface area contributed by atoms with Gasteiger partial charge in [0.05, 0.1) is 7.11 Å². The number of halogens is 2. The van der Waals surface area contributed by atoms with Gasteiger partial charge in [-0.3, -0.25) is 0 Å². The predicted molar refractivity (Wildman–Crippen MR) is 107 cm³/mol. The Kier molecular flexibility index (Phi) is 7.16. The quantitative estimate of drug-likeness (QED) is 0.498. The smallest absolute Gasteiger partial charge is 0.200 e. The summed E-state index contributed by atoms with van der Waals surface area (Å²) < 4.78 is 33.3. The molecule has 0 bridgehead atoms. The second kappa shape index (κ2) is 9.39. The van der Waals surface area contributed by atoms with Crippen molar-refractivity contribution in [2.24, 2.45) is 23.7 Å². The molecule has 2 aliphatic rings. The van der Waals surface area contributed by atoms with Crippen molar-refractivity contribution in [2.75, 3.05) is 7.11 Å². The lowest BCUT2D eigenvalue weighted by molar-refractivity contribution is 0.171. The van der Waals surface area contributed by atoms with Crippen LogP contribution in [0.4, 0.5) is 8.78 Å². The Morgan fingerprint density at radius 2 is 1.56 bits per heavy atom. The molecular formula is C24H36F2O. The van der Waals surface area contributed by atoms with Crippen LogP contribution in [-0.4, -0.2) is 7.11 Å². The highest BCUT2D eigenvalue weighted by molar-refractivity contribution is 5.33. The Balaban J connectivity index is 1.50. The molecule has 27 heavy (non-hydrogen) atoms. The summed E-state index contributed by atoms with van der Waals surface area (Å²) in [5.74, 6) is 2.02. The van der Waals surface area contributed by atoms with E-state index in [2.05, 4.69) is 13.8 Å². The largest absolute Gasteiger partial charge is 0.494 e. The summed E-state index contributed by atoms with van der Waals surface area (Å²) in [6, 6.07) is 3.28. The fourth-order valence-corrected chi connectivity index (χ4v) is 5.61. The van der Waals surface area contributed by atoms with Gasteiger partial charge >= 0.3 is 0 Å². The molecule has 0 N–H and O–H groups in total. The van der Waals surface area contributed by atoms with E-state index in [4.69, 9.17) is 4.74 Å². The summed E-state index contributed by atoms with van der Waals surface area (Å²) in [7, 11) is 1.37. The zero-order chi connectivity index (χ0) is 19.4. The van der Waals surface area contributed by atoms with E-state index >= 15 is 0 Å². The van der Waals surface area contributed by atoms with Crippen LogP contribution < -0.4 is 4.74 Å². The van der Waals surface area contributed by atoms with Crippen LogP contribution in [0.15, 0.2) is 12.1 Å². The van der Waals surface area contributed by atoms with E-state index < -0.39 is 11.6 Å². The summed E-state index contributed by atoms with van der Waals surface area (Å²) in [4.78, 5) is 0. The average Bonchev–Trinajstić information content (AvgIpc) is 2.71. The molecule has 1 nitrogen and oxygen atoms in total.